The summed E-state index contributed by atoms with van der Waals surface area (Å²) in [4.78, 5) is 7.26. The number of rotatable bonds is 5. The fraction of sp³-hybridized carbons (Fsp3) is 0.696. The monoisotopic (exact) mass is 401 g/mol. The molecule has 1 saturated carbocycles. The molecule has 29 heavy (non-hydrogen) atoms. The van der Waals surface area contributed by atoms with Crippen molar-refractivity contribution in [2.45, 2.75) is 51.7 Å². The average Bonchev–Trinajstić information content (AvgIpc) is 3.39. The lowest BCUT2D eigenvalue weighted by molar-refractivity contribution is -0.107. The molecule has 4 unspecified atom stereocenters. The number of likely N-dealkylation sites (tertiary alicyclic amines) is 1. The Morgan fingerprint density at radius 1 is 1.21 bits per heavy atom. The van der Waals surface area contributed by atoms with Gasteiger partial charge in [0, 0.05) is 55.6 Å². The molecular formula is C23H35N3O3. The van der Waals surface area contributed by atoms with E-state index in [1.165, 1.54) is 5.56 Å². The Bertz CT molecular complexity index is 741. The number of ether oxygens (including phenoxy) is 3. The highest BCUT2D eigenvalue weighted by molar-refractivity contribution is 5.81. The number of aliphatic imine (C=N–C) groups is 1. The highest BCUT2D eigenvalue weighted by atomic mass is 16.5. The van der Waals surface area contributed by atoms with Crippen LogP contribution in [0.1, 0.15) is 45.1 Å². The standard InChI is InChI=1S/C23H35N3O3/c1-6-24-22(25-20-19-8-10-29-21(19)23(20,2)3)26-9-7-15(14-26)16-11-17(27-4)13-18(12-16)28-5/h11-13,15,19-21H,6-10,14H2,1-5H3,(H,24,25). The summed E-state index contributed by atoms with van der Waals surface area (Å²) in [5, 5.41) is 3.82. The molecule has 160 valence electrons. The molecule has 3 fully saturated rings. The normalized spacial score (nSPS) is 30.7. The first-order valence-electron chi connectivity index (χ1n) is 10.9. The molecule has 2 aliphatic heterocycles. The lowest BCUT2D eigenvalue weighted by atomic mass is 9.57. The molecule has 0 amide bonds. The van der Waals surface area contributed by atoms with Gasteiger partial charge < -0.3 is 24.4 Å². The Kier molecular flexibility index (Phi) is 5.65. The van der Waals surface area contributed by atoms with E-state index in [-0.39, 0.29) is 5.41 Å². The number of hydrogen-bond donors (Lipinski definition) is 1. The summed E-state index contributed by atoms with van der Waals surface area (Å²) in [7, 11) is 3.41. The Labute approximate surface area is 174 Å². The first-order valence-corrected chi connectivity index (χ1v) is 10.9. The second-order valence-electron chi connectivity index (χ2n) is 9.06. The molecule has 1 aromatic rings. The zero-order chi connectivity index (χ0) is 20.6. The number of nitrogens with zero attached hydrogens (tertiary/aromatic N) is 2. The van der Waals surface area contributed by atoms with Crippen LogP contribution >= 0.6 is 0 Å². The summed E-state index contributed by atoms with van der Waals surface area (Å²) in [5.74, 6) is 3.80. The van der Waals surface area contributed by atoms with Gasteiger partial charge in [0.25, 0.3) is 0 Å². The van der Waals surface area contributed by atoms with Crippen molar-refractivity contribution in [2.24, 2.45) is 16.3 Å². The van der Waals surface area contributed by atoms with Gasteiger partial charge in [-0.25, -0.2) is 0 Å². The third-order valence-electron chi connectivity index (χ3n) is 7.03. The van der Waals surface area contributed by atoms with Gasteiger partial charge in [-0.15, -0.1) is 0 Å². The molecule has 4 atom stereocenters. The zero-order valence-electron chi connectivity index (χ0n) is 18.4. The highest BCUT2D eigenvalue weighted by Crippen LogP contribution is 2.52. The first kappa shape index (κ1) is 20.3. The van der Waals surface area contributed by atoms with E-state index < -0.39 is 0 Å². The van der Waals surface area contributed by atoms with E-state index in [0.29, 0.717) is 24.0 Å². The topological polar surface area (TPSA) is 55.3 Å². The van der Waals surface area contributed by atoms with E-state index in [9.17, 15) is 0 Å². The Morgan fingerprint density at radius 3 is 2.59 bits per heavy atom. The summed E-state index contributed by atoms with van der Waals surface area (Å²) in [6, 6.07) is 6.63. The average molecular weight is 402 g/mol. The summed E-state index contributed by atoms with van der Waals surface area (Å²) in [5.41, 5.74) is 1.42. The predicted octanol–water partition coefficient (Wildman–Crippen LogP) is 3.27. The molecule has 3 aliphatic rings. The van der Waals surface area contributed by atoms with Gasteiger partial charge in [-0.2, -0.15) is 0 Å². The lowest BCUT2D eigenvalue weighted by Crippen LogP contribution is -2.68. The smallest absolute Gasteiger partial charge is 0.194 e. The van der Waals surface area contributed by atoms with Crippen molar-refractivity contribution in [3.63, 3.8) is 0 Å². The van der Waals surface area contributed by atoms with Crippen molar-refractivity contribution in [3.8, 4) is 11.5 Å². The Morgan fingerprint density at radius 2 is 1.93 bits per heavy atom. The van der Waals surface area contributed by atoms with E-state index in [0.717, 1.165) is 56.5 Å². The molecule has 6 nitrogen and oxygen atoms in total. The molecule has 0 spiro atoms. The van der Waals surface area contributed by atoms with Crippen LogP contribution in [0, 0.1) is 11.3 Å². The molecule has 2 heterocycles. The molecule has 1 N–H and O–H groups in total. The molecule has 4 rings (SSSR count). The highest BCUT2D eigenvalue weighted by Gasteiger charge is 2.59. The molecule has 2 saturated heterocycles. The number of guanidine groups is 1. The Hall–Kier alpha value is -1.95. The minimum absolute atomic E-state index is 0.148. The zero-order valence-corrected chi connectivity index (χ0v) is 18.4. The molecule has 0 aromatic heterocycles. The summed E-state index contributed by atoms with van der Waals surface area (Å²) in [6.07, 6.45) is 2.64. The maximum absolute atomic E-state index is 5.97. The number of methoxy groups -OCH3 is 2. The SMILES string of the molecule is CCN=C(NC1C2CCOC2C1(C)C)N1CCC(c2cc(OC)cc(OC)c2)C1. The number of nitrogens with one attached hydrogen (secondary N) is 1. The van der Waals surface area contributed by atoms with Gasteiger partial charge in [-0.05, 0) is 37.5 Å². The quantitative estimate of drug-likeness (QED) is 0.606. The second-order valence-corrected chi connectivity index (χ2v) is 9.06. The summed E-state index contributed by atoms with van der Waals surface area (Å²) >= 11 is 0. The molecule has 6 heteroatoms. The summed E-state index contributed by atoms with van der Waals surface area (Å²) < 4.78 is 16.9. The van der Waals surface area contributed by atoms with Crippen molar-refractivity contribution in [3.05, 3.63) is 23.8 Å². The van der Waals surface area contributed by atoms with Gasteiger partial charge in [-0.3, -0.25) is 4.99 Å². The van der Waals surface area contributed by atoms with E-state index in [1.54, 1.807) is 14.2 Å². The van der Waals surface area contributed by atoms with Gasteiger partial charge >= 0.3 is 0 Å². The second kappa shape index (κ2) is 8.05. The van der Waals surface area contributed by atoms with Crippen LogP contribution in [-0.2, 0) is 4.74 Å². The van der Waals surface area contributed by atoms with Gasteiger partial charge in [0.2, 0.25) is 0 Å². The van der Waals surface area contributed by atoms with Crippen LogP contribution in [0.25, 0.3) is 0 Å². The van der Waals surface area contributed by atoms with Crippen molar-refractivity contribution in [1.82, 2.24) is 10.2 Å². The minimum atomic E-state index is 0.148. The van der Waals surface area contributed by atoms with Gasteiger partial charge in [-0.1, -0.05) is 13.8 Å². The van der Waals surface area contributed by atoms with E-state index in [2.05, 4.69) is 43.1 Å². The van der Waals surface area contributed by atoms with Crippen molar-refractivity contribution >= 4 is 5.96 Å². The van der Waals surface area contributed by atoms with Gasteiger partial charge in [0.15, 0.2) is 5.96 Å². The van der Waals surface area contributed by atoms with Gasteiger partial charge in [0.05, 0.1) is 20.3 Å². The molecular weight excluding hydrogens is 366 g/mol. The number of hydrogen-bond acceptors (Lipinski definition) is 4. The number of benzene rings is 1. The maximum Gasteiger partial charge on any atom is 0.194 e. The molecule has 0 bridgehead atoms. The van der Waals surface area contributed by atoms with Crippen LogP contribution in [0.2, 0.25) is 0 Å². The van der Waals surface area contributed by atoms with Crippen LogP contribution < -0.4 is 14.8 Å². The van der Waals surface area contributed by atoms with Gasteiger partial charge in [0.1, 0.15) is 11.5 Å². The van der Waals surface area contributed by atoms with Crippen molar-refractivity contribution in [1.29, 1.82) is 0 Å². The third kappa shape index (κ3) is 3.67. The Balaban J connectivity index is 1.47. The van der Waals surface area contributed by atoms with Crippen LogP contribution in [0.15, 0.2) is 23.2 Å². The predicted molar refractivity (Wildman–Crippen MR) is 115 cm³/mol. The fourth-order valence-electron chi connectivity index (χ4n) is 5.43. The maximum atomic E-state index is 5.97. The number of fused-ring (bicyclic) bond motifs is 1. The first-order chi connectivity index (χ1) is 14.0. The molecule has 1 aliphatic carbocycles. The van der Waals surface area contributed by atoms with E-state index >= 15 is 0 Å². The van der Waals surface area contributed by atoms with E-state index in [4.69, 9.17) is 19.2 Å². The van der Waals surface area contributed by atoms with Crippen LogP contribution in [-0.4, -0.2) is 63.5 Å². The minimum Gasteiger partial charge on any atom is -0.497 e. The van der Waals surface area contributed by atoms with E-state index in [1.807, 2.05) is 6.07 Å². The molecule has 0 radical (unpaired) electrons. The third-order valence-corrected chi connectivity index (χ3v) is 7.03. The summed E-state index contributed by atoms with van der Waals surface area (Å²) in [6.45, 7) is 10.4. The fourth-order valence-corrected chi connectivity index (χ4v) is 5.43. The lowest BCUT2D eigenvalue weighted by Gasteiger charge is -2.55. The molecule has 1 aromatic carbocycles. The van der Waals surface area contributed by atoms with Crippen LogP contribution in [0.3, 0.4) is 0 Å². The van der Waals surface area contributed by atoms with Crippen molar-refractivity contribution in [2.75, 3.05) is 40.5 Å². The van der Waals surface area contributed by atoms with Crippen LogP contribution in [0.4, 0.5) is 0 Å². The van der Waals surface area contributed by atoms with Crippen LogP contribution in [0.5, 0.6) is 11.5 Å². The van der Waals surface area contributed by atoms with Crippen molar-refractivity contribution < 1.29 is 14.2 Å². The largest absolute Gasteiger partial charge is 0.497 e.